The predicted molar refractivity (Wildman–Crippen MR) is 70.1 cm³/mol. The summed E-state index contributed by atoms with van der Waals surface area (Å²) in [6.45, 7) is 5.03. The van der Waals surface area contributed by atoms with E-state index < -0.39 is 5.79 Å². The fourth-order valence-corrected chi connectivity index (χ4v) is 1.80. The second-order valence-electron chi connectivity index (χ2n) is 4.70. The largest absolute Gasteiger partial charge is 0.497 e. The fourth-order valence-electron chi connectivity index (χ4n) is 1.80. The Morgan fingerprint density at radius 3 is 2.67 bits per heavy atom. The number of ether oxygens (including phenoxy) is 3. The molecule has 1 aromatic carbocycles. The van der Waals surface area contributed by atoms with Crippen LogP contribution in [0.25, 0.3) is 0 Å². The molecule has 0 radical (unpaired) electrons. The Kier molecular flexibility index (Phi) is 3.99. The highest BCUT2D eigenvalue weighted by Gasteiger charge is 2.31. The van der Waals surface area contributed by atoms with E-state index in [1.807, 2.05) is 44.3 Å². The second kappa shape index (κ2) is 5.50. The molecule has 0 amide bonds. The molecule has 0 aliphatic carbocycles. The Morgan fingerprint density at radius 1 is 1.39 bits per heavy atom. The van der Waals surface area contributed by atoms with E-state index >= 15 is 0 Å². The molecule has 98 valence electrons. The summed E-state index contributed by atoms with van der Waals surface area (Å²) in [4.78, 5) is 4.37. The van der Waals surface area contributed by atoms with Crippen LogP contribution in [0.15, 0.2) is 29.3 Å². The molecule has 1 aromatic rings. The number of aliphatic imine (C=N–C) groups is 1. The molecule has 1 aliphatic heterocycles. The van der Waals surface area contributed by atoms with Gasteiger partial charge in [0.05, 0.1) is 20.3 Å². The SMILES string of the molecule is COc1ccc(CN=C[C@H]2COC(C)(C)O2)cc1. The molecule has 1 aliphatic rings. The summed E-state index contributed by atoms with van der Waals surface area (Å²) < 4.78 is 16.2. The Bertz CT molecular complexity index is 412. The standard InChI is InChI=1S/C14H19NO3/c1-14(2)17-10-13(18-14)9-15-8-11-4-6-12(16-3)7-5-11/h4-7,9,13H,8,10H2,1-3H3/t13-/m0/s1. The maximum atomic E-state index is 5.63. The normalized spacial score (nSPS) is 22.5. The van der Waals surface area contributed by atoms with Crippen LogP contribution in [-0.2, 0) is 16.0 Å². The van der Waals surface area contributed by atoms with Gasteiger partial charge in [0.2, 0.25) is 0 Å². The van der Waals surface area contributed by atoms with Crippen molar-refractivity contribution in [2.75, 3.05) is 13.7 Å². The van der Waals surface area contributed by atoms with Crippen LogP contribution >= 0.6 is 0 Å². The molecule has 2 rings (SSSR count). The fraction of sp³-hybridized carbons (Fsp3) is 0.500. The molecule has 1 atom stereocenters. The highest BCUT2D eigenvalue weighted by atomic mass is 16.7. The minimum Gasteiger partial charge on any atom is -0.497 e. The first-order chi connectivity index (χ1) is 8.59. The lowest BCUT2D eigenvalue weighted by molar-refractivity contribution is -0.130. The van der Waals surface area contributed by atoms with Crippen LogP contribution in [-0.4, -0.2) is 31.8 Å². The third-order valence-electron chi connectivity index (χ3n) is 2.73. The summed E-state index contributed by atoms with van der Waals surface area (Å²) in [7, 11) is 1.66. The number of hydrogen-bond acceptors (Lipinski definition) is 4. The van der Waals surface area contributed by atoms with E-state index in [0.717, 1.165) is 11.3 Å². The molecular formula is C14H19NO3. The van der Waals surface area contributed by atoms with Crippen LogP contribution in [0.2, 0.25) is 0 Å². The minimum absolute atomic E-state index is 0.0433. The van der Waals surface area contributed by atoms with Gasteiger partial charge in [-0.1, -0.05) is 12.1 Å². The molecule has 1 saturated heterocycles. The molecule has 0 aromatic heterocycles. The average molecular weight is 249 g/mol. The van der Waals surface area contributed by atoms with E-state index in [-0.39, 0.29) is 6.10 Å². The molecule has 1 heterocycles. The van der Waals surface area contributed by atoms with Crippen molar-refractivity contribution in [2.24, 2.45) is 4.99 Å². The Balaban J connectivity index is 1.84. The Hall–Kier alpha value is -1.39. The Labute approximate surface area is 108 Å². The molecule has 0 N–H and O–H groups in total. The molecule has 0 bridgehead atoms. The van der Waals surface area contributed by atoms with Crippen LogP contribution in [0.4, 0.5) is 0 Å². The van der Waals surface area contributed by atoms with Gasteiger partial charge >= 0.3 is 0 Å². The molecule has 1 fully saturated rings. The van der Waals surface area contributed by atoms with Gasteiger partial charge in [-0.2, -0.15) is 0 Å². The van der Waals surface area contributed by atoms with Crippen molar-refractivity contribution in [3.63, 3.8) is 0 Å². The minimum atomic E-state index is -0.489. The second-order valence-corrected chi connectivity index (χ2v) is 4.70. The summed E-state index contributed by atoms with van der Waals surface area (Å²) in [6.07, 6.45) is 1.78. The highest BCUT2D eigenvalue weighted by molar-refractivity contribution is 5.63. The van der Waals surface area contributed by atoms with E-state index in [2.05, 4.69) is 4.99 Å². The monoisotopic (exact) mass is 249 g/mol. The van der Waals surface area contributed by atoms with Crippen molar-refractivity contribution < 1.29 is 14.2 Å². The number of methoxy groups -OCH3 is 1. The zero-order chi connectivity index (χ0) is 13.0. The molecule has 4 heteroatoms. The topological polar surface area (TPSA) is 40.0 Å². The first kappa shape index (κ1) is 13.1. The van der Waals surface area contributed by atoms with E-state index in [4.69, 9.17) is 14.2 Å². The first-order valence-electron chi connectivity index (χ1n) is 6.04. The summed E-state index contributed by atoms with van der Waals surface area (Å²) in [5, 5.41) is 0. The van der Waals surface area contributed by atoms with Gasteiger partial charge in [-0.15, -0.1) is 0 Å². The third-order valence-corrected chi connectivity index (χ3v) is 2.73. The van der Waals surface area contributed by atoms with Crippen molar-refractivity contribution in [1.29, 1.82) is 0 Å². The van der Waals surface area contributed by atoms with Gasteiger partial charge < -0.3 is 14.2 Å². The van der Waals surface area contributed by atoms with E-state index in [1.165, 1.54) is 0 Å². The van der Waals surface area contributed by atoms with Gasteiger partial charge in [0.1, 0.15) is 11.9 Å². The number of hydrogen-bond donors (Lipinski definition) is 0. The summed E-state index contributed by atoms with van der Waals surface area (Å²) >= 11 is 0. The van der Waals surface area contributed by atoms with Crippen LogP contribution in [0.5, 0.6) is 5.75 Å². The van der Waals surface area contributed by atoms with Crippen LogP contribution in [0.1, 0.15) is 19.4 Å². The molecule has 0 saturated carbocycles. The van der Waals surface area contributed by atoms with E-state index in [9.17, 15) is 0 Å². The predicted octanol–water partition coefficient (Wildman–Crippen LogP) is 2.42. The van der Waals surface area contributed by atoms with Crippen LogP contribution in [0, 0.1) is 0 Å². The van der Waals surface area contributed by atoms with Crippen molar-refractivity contribution in [3.05, 3.63) is 29.8 Å². The van der Waals surface area contributed by atoms with E-state index in [0.29, 0.717) is 13.2 Å². The van der Waals surface area contributed by atoms with Gasteiger partial charge in [0, 0.05) is 6.21 Å². The average Bonchev–Trinajstić information content (AvgIpc) is 2.70. The third kappa shape index (κ3) is 3.55. The van der Waals surface area contributed by atoms with Gasteiger partial charge in [-0.05, 0) is 31.5 Å². The van der Waals surface area contributed by atoms with Crippen LogP contribution < -0.4 is 4.74 Å². The number of nitrogens with zero attached hydrogens (tertiary/aromatic N) is 1. The summed E-state index contributed by atoms with van der Waals surface area (Å²) in [6, 6.07) is 7.88. The van der Waals surface area contributed by atoms with Crippen molar-refractivity contribution in [3.8, 4) is 5.75 Å². The van der Waals surface area contributed by atoms with Crippen molar-refractivity contribution >= 4 is 6.21 Å². The van der Waals surface area contributed by atoms with Gasteiger partial charge in [0.15, 0.2) is 5.79 Å². The zero-order valence-corrected chi connectivity index (χ0v) is 11.1. The van der Waals surface area contributed by atoms with Crippen LogP contribution in [0.3, 0.4) is 0 Å². The summed E-state index contributed by atoms with van der Waals surface area (Å²) in [5.74, 6) is 0.369. The lowest BCUT2D eigenvalue weighted by atomic mass is 10.2. The van der Waals surface area contributed by atoms with Gasteiger partial charge in [0.25, 0.3) is 0 Å². The number of benzene rings is 1. The Morgan fingerprint density at radius 2 is 2.11 bits per heavy atom. The zero-order valence-electron chi connectivity index (χ0n) is 11.1. The molecule has 4 nitrogen and oxygen atoms in total. The highest BCUT2D eigenvalue weighted by Crippen LogP contribution is 2.21. The van der Waals surface area contributed by atoms with Gasteiger partial charge in [-0.25, -0.2) is 0 Å². The smallest absolute Gasteiger partial charge is 0.163 e. The van der Waals surface area contributed by atoms with Crippen molar-refractivity contribution in [2.45, 2.75) is 32.3 Å². The molecule has 0 unspecified atom stereocenters. The molecule has 18 heavy (non-hydrogen) atoms. The maximum absolute atomic E-state index is 5.63. The number of rotatable bonds is 4. The lowest BCUT2D eigenvalue weighted by Gasteiger charge is -2.15. The quantitative estimate of drug-likeness (QED) is 0.769. The molecular weight excluding hydrogens is 230 g/mol. The van der Waals surface area contributed by atoms with Crippen molar-refractivity contribution in [1.82, 2.24) is 0 Å². The van der Waals surface area contributed by atoms with Gasteiger partial charge in [-0.3, -0.25) is 4.99 Å². The van der Waals surface area contributed by atoms with E-state index in [1.54, 1.807) is 7.11 Å². The maximum Gasteiger partial charge on any atom is 0.163 e. The first-order valence-corrected chi connectivity index (χ1v) is 6.04. The lowest BCUT2D eigenvalue weighted by Crippen LogP contribution is -2.21. The summed E-state index contributed by atoms with van der Waals surface area (Å²) in [5.41, 5.74) is 1.14. The molecule has 0 spiro atoms.